The lowest BCUT2D eigenvalue weighted by atomic mass is 10.1. The van der Waals surface area contributed by atoms with E-state index in [0.29, 0.717) is 6.04 Å². The first-order chi connectivity index (χ1) is 9.63. The van der Waals surface area contributed by atoms with Crippen LogP contribution in [0.1, 0.15) is 30.7 Å². The van der Waals surface area contributed by atoms with Crippen molar-refractivity contribution in [2.75, 3.05) is 7.05 Å². The van der Waals surface area contributed by atoms with Gasteiger partial charge < -0.3 is 9.73 Å². The van der Waals surface area contributed by atoms with Gasteiger partial charge in [0, 0.05) is 19.1 Å². The minimum atomic E-state index is 0.514. The van der Waals surface area contributed by atoms with E-state index < -0.39 is 0 Å². The van der Waals surface area contributed by atoms with Gasteiger partial charge in [0.25, 0.3) is 0 Å². The summed E-state index contributed by atoms with van der Waals surface area (Å²) in [5.74, 6) is 1.00. The number of nitrogens with one attached hydrogen (secondary N) is 1. The summed E-state index contributed by atoms with van der Waals surface area (Å²) in [6, 6.07) is 13.2. The standard InChI is InChI=1S/C17H24N2O/c1-14(2)18-11-15-6-4-7-16(10-15)12-19(3)13-17-8-5-9-20-17/h4-10,14,18H,11-13H2,1-3H3. The summed E-state index contributed by atoms with van der Waals surface area (Å²) in [5.41, 5.74) is 2.67. The molecule has 0 unspecified atom stereocenters. The van der Waals surface area contributed by atoms with Gasteiger partial charge in [-0.3, -0.25) is 4.90 Å². The van der Waals surface area contributed by atoms with Crippen LogP contribution in [0.25, 0.3) is 0 Å². The molecular formula is C17H24N2O. The molecule has 2 rings (SSSR count). The van der Waals surface area contributed by atoms with Crippen LogP contribution in [0.2, 0.25) is 0 Å². The topological polar surface area (TPSA) is 28.4 Å². The SMILES string of the molecule is CC(C)NCc1cccc(CN(C)Cc2ccco2)c1. The zero-order valence-corrected chi connectivity index (χ0v) is 12.6. The Hall–Kier alpha value is -1.58. The van der Waals surface area contributed by atoms with Gasteiger partial charge in [0.2, 0.25) is 0 Å². The molecule has 0 aliphatic carbocycles. The highest BCUT2D eigenvalue weighted by Gasteiger charge is 2.04. The van der Waals surface area contributed by atoms with Gasteiger partial charge in [0.05, 0.1) is 12.8 Å². The maximum atomic E-state index is 5.38. The predicted octanol–water partition coefficient (Wildman–Crippen LogP) is 3.41. The second-order valence-corrected chi connectivity index (χ2v) is 5.61. The van der Waals surface area contributed by atoms with E-state index in [9.17, 15) is 0 Å². The Morgan fingerprint density at radius 3 is 2.60 bits per heavy atom. The van der Waals surface area contributed by atoms with E-state index in [4.69, 9.17) is 4.42 Å². The molecule has 0 atom stereocenters. The lowest BCUT2D eigenvalue weighted by molar-refractivity contribution is 0.288. The molecule has 20 heavy (non-hydrogen) atoms. The summed E-state index contributed by atoms with van der Waals surface area (Å²) >= 11 is 0. The van der Waals surface area contributed by atoms with E-state index >= 15 is 0 Å². The lowest BCUT2D eigenvalue weighted by Gasteiger charge is -2.16. The van der Waals surface area contributed by atoms with Gasteiger partial charge in [-0.1, -0.05) is 38.1 Å². The van der Waals surface area contributed by atoms with Gasteiger partial charge in [-0.25, -0.2) is 0 Å². The van der Waals surface area contributed by atoms with Crippen LogP contribution in [-0.4, -0.2) is 18.0 Å². The van der Waals surface area contributed by atoms with Crippen molar-refractivity contribution in [1.29, 1.82) is 0 Å². The summed E-state index contributed by atoms with van der Waals surface area (Å²) < 4.78 is 5.38. The van der Waals surface area contributed by atoms with Crippen molar-refractivity contribution < 1.29 is 4.42 Å². The Bertz CT molecular complexity index is 505. The molecule has 0 fully saturated rings. The number of hydrogen-bond acceptors (Lipinski definition) is 3. The number of benzene rings is 1. The van der Waals surface area contributed by atoms with Crippen LogP contribution in [0.15, 0.2) is 47.1 Å². The van der Waals surface area contributed by atoms with Gasteiger partial charge in [-0.2, -0.15) is 0 Å². The molecule has 1 heterocycles. The summed E-state index contributed by atoms with van der Waals surface area (Å²) in [6.07, 6.45) is 1.72. The highest BCUT2D eigenvalue weighted by Crippen LogP contribution is 2.11. The predicted molar refractivity (Wildman–Crippen MR) is 82.3 cm³/mol. The third-order valence-electron chi connectivity index (χ3n) is 3.16. The molecule has 1 aromatic heterocycles. The fourth-order valence-electron chi connectivity index (χ4n) is 2.20. The summed E-state index contributed by atoms with van der Waals surface area (Å²) in [6.45, 7) is 7.02. The molecule has 0 aliphatic rings. The van der Waals surface area contributed by atoms with Crippen LogP contribution in [0.4, 0.5) is 0 Å². The van der Waals surface area contributed by atoms with Crippen molar-refractivity contribution >= 4 is 0 Å². The van der Waals surface area contributed by atoms with Gasteiger partial charge in [0.1, 0.15) is 5.76 Å². The van der Waals surface area contributed by atoms with E-state index in [0.717, 1.165) is 25.4 Å². The van der Waals surface area contributed by atoms with Gasteiger partial charge in [0.15, 0.2) is 0 Å². The minimum Gasteiger partial charge on any atom is -0.468 e. The quantitative estimate of drug-likeness (QED) is 0.837. The molecule has 0 spiro atoms. The summed E-state index contributed by atoms with van der Waals surface area (Å²) in [4.78, 5) is 2.26. The summed E-state index contributed by atoms with van der Waals surface area (Å²) in [7, 11) is 2.11. The van der Waals surface area contributed by atoms with Gasteiger partial charge in [-0.05, 0) is 30.3 Å². The largest absolute Gasteiger partial charge is 0.468 e. The number of nitrogens with zero attached hydrogens (tertiary/aromatic N) is 1. The Morgan fingerprint density at radius 1 is 1.10 bits per heavy atom. The third kappa shape index (κ3) is 4.83. The van der Waals surface area contributed by atoms with Crippen molar-refractivity contribution in [1.82, 2.24) is 10.2 Å². The van der Waals surface area contributed by atoms with Crippen LogP contribution >= 0.6 is 0 Å². The number of rotatable bonds is 7. The molecule has 0 bridgehead atoms. The molecule has 0 radical (unpaired) electrons. The third-order valence-corrected chi connectivity index (χ3v) is 3.16. The molecule has 1 N–H and O–H groups in total. The van der Waals surface area contributed by atoms with Crippen molar-refractivity contribution in [2.24, 2.45) is 0 Å². The van der Waals surface area contributed by atoms with Crippen LogP contribution in [0.3, 0.4) is 0 Å². The molecule has 0 amide bonds. The fourth-order valence-corrected chi connectivity index (χ4v) is 2.20. The van der Waals surface area contributed by atoms with E-state index in [-0.39, 0.29) is 0 Å². The first kappa shape index (κ1) is 14.8. The van der Waals surface area contributed by atoms with Crippen LogP contribution in [0, 0.1) is 0 Å². The smallest absolute Gasteiger partial charge is 0.117 e. The van der Waals surface area contributed by atoms with Crippen LogP contribution < -0.4 is 5.32 Å². The number of furan rings is 1. The van der Waals surface area contributed by atoms with Crippen LogP contribution in [0.5, 0.6) is 0 Å². The van der Waals surface area contributed by atoms with E-state index in [1.807, 2.05) is 12.1 Å². The van der Waals surface area contributed by atoms with Crippen molar-refractivity contribution in [3.05, 3.63) is 59.5 Å². The van der Waals surface area contributed by atoms with Gasteiger partial charge in [-0.15, -0.1) is 0 Å². The Morgan fingerprint density at radius 2 is 1.90 bits per heavy atom. The van der Waals surface area contributed by atoms with E-state index in [2.05, 4.69) is 55.4 Å². The Balaban J connectivity index is 1.90. The van der Waals surface area contributed by atoms with E-state index in [1.54, 1.807) is 6.26 Å². The normalized spacial score (nSPS) is 11.4. The van der Waals surface area contributed by atoms with Gasteiger partial charge >= 0.3 is 0 Å². The average molecular weight is 272 g/mol. The Kier molecular flexibility index (Phi) is 5.39. The molecule has 0 saturated carbocycles. The Labute approximate surface area is 121 Å². The second-order valence-electron chi connectivity index (χ2n) is 5.61. The minimum absolute atomic E-state index is 0.514. The van der Waals surface area contributed by atoms with Crippen molar-refractivity contribution in [2.45, 2.75) is 39.5 Å². The maximum Gasteiger partial charge on any atom is 0.117 e. The molecule has 108 valence electrons. The number of hydrogen-bond donors (Lipinski definition) is 1. The molecule has 1 aromatic carbocycles. The summed E-state index contributed by atoms with van der Waals surface area (Å²) in [5, 5.41) is 3.45. The zero-order chi connectivity index (χ0) is 14.4. The highest BCUT2D eigenvalue weighted by molar-refractivity contribution is 5.23. The zero-order valence-electron chi connectivity index (χ0n) is 12.6. The molecule has 3 nitrogen and oxygen atoms in total. The van der Waals surface area contributed by atoms with Crippen molar-refractivity contribution in [3.63, 3.8) is 0 Å². The molecule has 0 saturated heterocycles. The molecule has 0 aliphatic heterocycles. The fraction of sp³-hybridized carbons (Fsp3) is 0.412. The lowest BCUT2D eigenvalue weighted by Crippen LogP contribution is -2.22. The average Bonchev–Trinajstić information content (AvgIpc) is 2.89. The first-order valence-corrected chi connectivity index (χ1v) is 7.15. The molecule has 2 aromatic rings. The monoisotopic (exact) mass is 272 g/mol. The van der Waals surface area contributed by atoms with E-state index in [1.165, 1.54) is 11.1 Å². The maximum absolute atomic E-state index is 5.38. The van der Waals surface area contributed by atoms with Crippen molar-refractivity contribution in [3.8, 4) is 0 Å². The first-order valence-electron chi connectivity index (χ1n) is 7.15. The molecule has 3 heteroatoms. The highest BCUT2D eigenvalue weighted by atomic mass is 16.3. The van der Waals surface area contributed by atoms with Crippen LogP contribution in [-0.2, 0) is 19.6 Å². The second kappa shape index (κ2) is 7.27. The molecular weight excluding hydrogens is 248 g/mol.